The van der Waals surface area contributed by atoms with Crippen LogP contribution in [0, 0.1) is 5.82 Å². The lowest BCUT2D eigenvalue weighted by Gasteiger charge is -2.41. The van der Waals surface area contributed by atoms with Crippen LogP contribution in [0.2, 0.25) is 0 Å². The molecule has 1 atom stereocenters. The third-order valence-corrected chi connectivity index (χ3v) is 6.90. The molecule has 32 heavy (non-hydrogen) atoms. The van der Waals surface area contributed by atoms with E-state index in [0.717, 1.165) is 43.7 Å². The Morgan fingerprint density at radius 1 is 1.03 bits per heavy atom. The molecule has 0 spiro atoms. The zero-order valence-electron chi connectivity index (χ0n) is 18.3. The molecule has 1 unspecified atom stereocenters. The van der Waals surface area contributed by atoms with E-state index in [1.807, 2.05) is 13.0 Å². The van der Waals surface area contributed by atoms with Crippen LogP contribution in [0.15, 0.2) is 59.5 Å². The maximum absolute atomic E-state index is 13.5. The molecular weight excluding hydrogens is 425 g/mol. The summed E-state index contributed by atoms with van der Waals surface area (Å²) in [5.74, 6) is 2.03. The van der Waals surface area contributed by atoms with Gasteiger partial charge in [-0.2, -0.15) is 0 Å². The second-order valence-electron chi connectivity index (χ2n) is 8.13. The highest BCUT2D eigenvalue weighted by atomic mass is 32.2. The number of fused-ring (bicyclic) bond motifs is 4. The van der Waals surface area contributed by atoms with Crippen molar-refractivity contribution in [3.8, 4) is 17.2 Å². The fourth-order valence-electron chi connectivity index (χ4n) is 4.66. The molecule has 0 N–H and O–H groups in total. The average molecular weight is 452 g/mol. The van der Waals surface area contributed by atoms with Gasteiger partial charge in [0.1, 0.15) is 11.6 Å². The van der Waals surface area contributed by atoms with Crippen LogP contribution in [-0.2, 0) is 19.4 Å². The van der Waals surface area contributed by atoms with E-state index in [9.17, 15) is 4.39 Å². The Bertz CT molecular complexity index is 1140. The van der Waals surface area contributed by atoms with E-state index in [2.05, 4.69) is 35.2 Å². The molecule has 6 heteroatoms. The molecule has 0 aliphatic carbocycles. The molecule has 166 valence electrons. The summed E-state index contributed by atoms with van der Waals surface area (Å²) < 4.78 is 30.9. The summed E-state index contributed by atoms with van der Waals surface area (Å²) in [5, 5.41) is 0. The van der Waals surface area contributed by atoms with Crippen LogP contribution in [0.3, 0.4) is 0 Å². The molecule has 2 aliphatic rings. The number of halogens is 1. The third-order valence-electron chi connectivity index (χ3n) is 6.19. The van der Waals surface area contributed by atoms with Gasteiger partial charge in [0.05, 0.1) is 30.7 Å². The largest absolute Gasteiger partial charge is 0.494 e. The van der Waals surface area contributed by atoms with Gasteiger partial charge in [-0.1, -0.05) is 12.1 Å². The lowest BCUT2D eigenvalue weighted by atomic mass is 9.84. The van der Waals surface area contributed by atoms with Gasteiger partial charge in [0.25, 0.3) is 0 Å². The van der Waals surface area contributed by atoms with E-state index in [1.54, 1.807) is 13.2 Å². The molecule has 5 rings (SSSR count). The Kier molecular flexibility index (Phi) is 5.98. The normalized spacial score (nSPS) is 17.2. The predicted molar refractivity (Wildman–Crippen MR) is 124 cm³/mol. The molecule has 0 fully saturated rings. The molecule has 2 heterocycles. The van der Waals surface area contributed by atoms with Gasteiger partial charge in [0, 0.05) is 19.1 Å². The van der Waals surface area contributed by atoms with Crippen LogP contribution in [0.4, 0.5) is 4.39 Å². The maximum atomic E-state index is 13.5. The summed E-state index contributed by atoms with van der Waals surface area (Å²) in [4.78, 5) is 3.26. The first kappa shape index (κ1) is 21.2. The predicted octanol–water partition coefficient (Wildman–Crippen LogP) is 5.97. The number of hydrogen-bond donors (Lipinski definition) is 0. The van der Waals surface area contributed by atoms with E-state index in [0.29, 0.717) is 29.0 Å². The second-order valence-corrected chi connectivity index (χ2v) is 8.93. The lowest BCUT2D eigenvalue weighted by molar-refractivity contribution is 0.160. The molecule has 0 saturated carbocycles. The highest BCUT2D eigenvalue weighted by molar-refractivity contribution is 7.95. The first-order valence-electron chi connectivity index (χ1n) is 10.9. The van der Waals surface area contributed by atoms with E-state index in [1.165, 1.54) is 34.4 Å². The van der Waals surface area contributed by atoms with Gasteiger partial charge in [-0.25, -0.2) is 4.39 Å². The number of ether oxygens (including phenoxy) is 2. The number of nitrogens with zero attached hydrogens (tertiary/aromatic N) is 1. The smallest absolute Gasteiger partial charge is 0.179 e. The van der Waals surface area contributed by atoms with E-state index in [-0.39, 0.29) is 5.82 Å². The minimum absolute atomic E-state index is 0.277. The summed E-state index contributed by atoms with van der Waals surface area (Å²) in [6.45, 7) is 4.64. The number of hydrogen-bond acceptors (Lipinski definition) is 5. The SMILES string of the molecule is CCOc1ccc2c(c1)CC1c3cc(OC)c(OSc4cccc(F)c4)cc3CCN1C2. The first-order chi connectivity index (χ1) is 15.6. The fourth-order valence-corrected chi connectivity index (χ4v) is 5.27. The van der Waals surface area contributed by atoms with Crippen molar-refractivity contribution in [2.75, 3.05) is 20.3 Å². The Hall–Kier alpha value is -2.70. The van der Waals surface area contributed by atoms with E-state index >= 15 is 0 Å². The molecular formula is C26H26FNO3S. The van der Waals surface area contributed by atoms with Crippen molar-refractivity contribution in [2.45, 2.75) is 37.2 Å². The number of benzene rings is 3. The van der Waals surface area contributed by atoms with Crippen LogP contribution in [0.25, 0.3) is 0 Å². The molecule has 4 nitrogen and oxygen atoms in total. The van der Waals surface area contributed by atoms with Crippen molar-refractivity contribution in [3.05, 3.63) is 82.7 Å². The fraction of sp³-hybridized carbons (Fsp3) is 0.308. The zero-order valence-corrected chi connectivity index (χ0v) is 19.1. The monoisotopic (exact) mass is 451 g/mol. The lowest BCUT2D eigenvalue weighted by Crippen LogP contribution is -2.39. The van der Waals surface area contributed by atoms with Crippen molar-refractivity contribution in [3.63, 3.8) is 0 Å². The van der Waals surface area contributed by atoms with Crippen molar-refractivity contribution < 1.29 is 18.0 Å². The van der Waals surface area contributed by atoms with Crippen LogP contribution in [0.1, 0.15) is 35.2 Å². The van der Waals surface area contributed by atoms with Crippen molar-refractivity contribution in [1.29, 1.82) is 0 Å². The number of rotatable bonds is 6. The van der Waals surface area contributed by atoms with E-state index in [4.69, 9.17) is 13.7 Å². The van der Waals surface area contributed by atoms with Gasteiger partial charge in [0.15, 0.2) is 11.5 Å². The standard InChI is InChI=1S/C26H26FNO3S/c1-3-30-21-8-7-18-16-28-10-9-17-13-26(31-32-22-6-4-5-20(27)14-22)25(29-2)15-23(17)24(28)12-19(18)11-21/h4-8,11,13-15,24H,3,9-10,12,16H2,1-2H3. The minimum atomic E-state index is -0.277. The molecule has 3 aromatic carbocycles. The third kappa shape index (κ3) is 4.17. The molecule has 0 saturated heterocycles. The van der Waals surface area contributed by atoms with Crippen LogP contribution >= 0.6 is 12.0 Å². The van der Waals surface area contributed by atoms with E-state index < -0.39 is 0 Å². The quantitative estimate of drug-likeness (QED) is 0.431. The molecule has 3 aromatic rings. The van der Waals surface area contributed by atoms with Crippen LogP contribution < -0.4 is 13.7 Å². The number of methoxy groups -OCH3 is 1. The maximum Gasteiger partial charge on any atom is 0.179 e. The van der Waals surface area contributed by atoms with Gasteiger partial charge in [-0.05, 0) is 84.5 Å². The van der Waals surface area contributed by atoms with Crippen LogP contribution in [0.5, 0.6) is 17.2 Å². The Balaban J connectivity index is 1.41. The average Bonchev–Trinajstić information content (AvgIpc) is 2.81. The molecule has 0 aromatic heterocycles. The van der Waals surface area contributed by atoms with Gasteiger partial charge in [-0.3, -0.25) is 4.90 Å². The second kappa shape index (κ2) is 9.04. The highest BCUT2D eigenvalue weighted by Crippen LogP contribution is 2.44. The van der Waals surface area contributed by atoms with Gasteiger partial charge >= 0.3 is 0 Å². The van der Waals surface area contributed by atoms with Crippen molar-refractivity contribution in [1.82, 2.24) is 4.90 Å². The highest BCUT2D eigenvalue weighted by Gasteiger charge is 2.33. The van der Waals surface area contributed by atoms with Gasteiger partial charge in [0.2, 0.25) is 0 Å². The van der Waals surface area contributed by atoms with Gasteiger partial charge in [-0.15, -0.1) is 0 Å². The molecule has 0 radical (unpaired) electrons. The minimum Gasteiger partial charge on any atom is -0.494 e. The summed E-state index contributed by atoms with van der Waals surface area (Å²) in [6.07, 6.45) is 1.91. The zero-order chi connectivity index (χ0) is 22.1. The topological polar surface area (TPSA) is 30.9 Å². The molecule has 2 aliphatic heterocycles. The van der Waals surface area contributed by atoms with Gasteiger partial charge < -0.3 is 13.7 Å². The summed E-state index contributed by atoms with van der Waals surface area (Å²) in [7, 11) is 1.66. The first-order valence-corrected chi connectivity index (χ1v) is 11.7. The summed E-state index contributed by atoms with van der Waals surface area (Å²) in [6, 6.07) is 17.4. The Morgan fingerprint density at radius 2 is 1.94 bits per heavy atom. The van der Waals surface area contributed by atoms with Crippen LogP contribution in [-0.4, -0.2) is 25.2 Å². The Morgan fingerprint density at radius 3 is 2.75 bits per heavy atom. The molecule has 0 bridgehead atoms. The molecule has 0 amide bonds. The summed E-state index contributed by atoms with van der Waals surface area (Å²) in [5.41, 5.74) is 5.31. The Labute approximate surface area is 192 Å². The van der Waals surface area contributed by atoms with Crippen molar-refractivity contribution in [2.24, 2.45) is 0 Å². The van der Waals surface area contributed by atoms with Crippen molar-refractivity contribution >= 4 is 12.0 Å². The summed E-state index contributed by atoms with van der Waals surface area (Å²) >= 11 is 1.14.